The lowest BCUT2D eigenvalue weighted by Gasteiger charge is -2.33. The Morgan fingerprint density at radius 3 is 2.49 bits per heavy atom. The van der Waals surface area contributed by atoms with Crippen LogP contribution in [0.15, 0.2) is 73.1 Å². The van der Waals surface area contributed by atoms with Crippen LogP contribution in [0.2, 0.25) is 0 Å². The minimum absolute atomic E-state index is 0.00294. The van der Waals surface area contributed by atoms with E-state index in [0.717, 1.165) is 46.1 Å². The van der Waals surface area contributed by atoms with Gasteiger partial charge in [0, 0.05) is 48.0 Å². The van der Waals surface area contributed by atoms with E-state index in [9.17, 15) is 9.59 Å². The molecule has 1 fully saturated rings. The van der Waals surface area contributed by atoms with Gasteiger partial charge < -0.3 is 10.2 Å². The average molecular weight is 465 g/mol. The predicted octanol–water partition coefficient (Wildman–Crippen LogP) is 4.95. The van der Waals surface area contributed by atoms with Gasteiger partial charge in [-0.05, 0) is 68.7 Å². The van der Waals surface area contributed by atoms with Gasteiger partial charge in [-0.15, -0.1) is 0 Å². The van der Waals surface area contributed by atoms with Crippen molar-refractivity contribution in [3.8, 4) is 11.3 Å². The molecule has 2 aromatic carbocycles. The van der Waals surface area contributed by atoms with Crippen LogP contribution in [0.4, 0.5) is 0 Å². The molecule has 35 heavy (non-hydrogen) atoms. The second-order valence-electron chi connectivity index (χ2n) is 9.17. The Hall–Kier alpha value is -4.06. The number of piperidine rings is 1. The van der Waals surface area contributed by atoms with Crippen molar-refractivity contribution >= 4 is 22.7 Å². The smallest absolute Gasteiger partial charge is 0.254 e. The van der Waals surface area contributed by atoms with E-state index < -0.39 is 0 Å². The third kappa shape index (κ3) is 4.78. The molecule has 0 unspecified atom stereocenters. The monoisotopic (exact) mass is 464 g/mol. The zero-order valence-corrected chi connectivity index (χ0v) is 20.0. The molecule has 1 saturated heterocycles. The summed E-state index contributed by atoms with van der Waals surface area (Å²) in [6.07, 6.45) is 4.93. The number of aryl methyl sites for hydroxylation is 2. The Bertz CT molecular complexity index is 1390. The molecule has 0 atom stereocenters. The van der Waals surface area contributed by atoms with Crippen molar-refractivity contribution < 1.29 is 9.59 Å². The van der Waals surface area contributed by atoms with Crippen LogP contribution < -0.4 is 5.32 Å². The first-order valence-electron chi connectivity index (χ1n) is 12.0. The van der Waals surface area contributed by atoms with Gasteiger partial charge in [0.15, 0.2) is 0 Å². The minimum Gasteiger partial charge on any atom is -0.349 e. The number of carbonyl (C=O) groups excluding carboxylic acids is 2. The van der Waals surface area contributed by atoms with Crippen LogP contribution in [0, 0.1) is 13.8 Å². The molecule has 1 N–H and O–H groups in total. The van der Waals surface area contributed by atoms with Crippen molar-refractivity contribution in [1.82, 2.24) is 20.2 Å². The van der Waals surface area contributed by atoms with Crippen molar-refractivity contribution in [1.29, 1.82) is 0 Å². The second-order valence-corrected chi connectivity index (χ2v) is 9.17. The summed E-state index contributed by atoms with van der Waals surface area (Å²) in [6.45, 7) is 5.15. The first kappa shape index (κ1) is 22.7. The van der Waals surface area contributed by atoms with Gasteiger partial charge in [0.25, 0.3) is 11.8 Å². The third-order valence-corrected chi connectivity index (χ3v) is 6.66. The van der Waals surface area contributed by atoms with Gasteiger partial charge in [-0.3, -0.25) is 14.6 Å². The van der Waals surface area contributed by atoms with Crippen LogP contribution in [0.25, 0.3) is 22.2 Å². The van der Waals surface area contributed by atoms with Gasteiger partial charge in [0.2, 0.25) is 0 Å². The zero-order valence-electron chi connectivity index (χ0n) is 20.0. The number of benzene rings is 2. The van der Waals surface area contributed by atoms with E-state index in [0.29, 0.717) is 24.2 Å². The van der Waals surface area contributed by atoms with Gasteiger partial charge in [0.1, 0.15) is 0 Å². The molecule has 0 bridgehead atoms. The van der Waals surface area contributed by atoms with E-state index in [1.165, 1.54) is 0 Å². The largest absolute Gasteiger partial charge is 0.349 e. The molecular formula is C29H28N4O2. The maximum Gasteiger partial charge on any atom is 0.254 e. The maximum atomic E-state index is 13.7. The Balaban J connectivity index is 1.36. The summed E-state index contributed by atoms with van der Waals surface area (Å²) >= 11 is 0. The normalized spacial score (nSPS) is 14.2. The van der Waals surface area contributed by atoms with E-state index in [1.54, 1.807) is 12.4 Å². The van der Waals surface area contributed by atoms with Gasteiger partial charge in [-0.25, -0.2) is 4.98 Å². The Morgan fingerprint density at radius 1 is 0.943 bits per heavy atom. The van der Waals surface area contributed by atoms with Gasteiger partial charge in [0.05, 0.1) is 16.8 Å². The van der Waals surface area contributed by atoms with Crippen molar-refractivity contribution in [2.24, 2.45) is 0 Å². The molecule has 0 aliphatic carbocycles. The fourth-order valence-electron chi connectivity index (χ4n) is 4.67. The van der Waals surface area contributed by atoms with Crippen LogP contribution >= 0.6 is 0 Å². The Morgan fingerprint density at radius 2 is 1.74 bits per heavy atom. The summed E-state index contributed by atoms with van der Waals surface area (Å²) in [4.78, 5) is 37.3. The zero-order chi connectivity index (χ0) is 24.4. The Kier molecular flexibility index (Phi) is 6.27. The summed E-state index contributed by atoms with van der Waals surface area (Å²) < 4.78 is 0. The van der Waals surface area contributed by atoms with Gasteiger partial charge in [-0.1, -0.05) is 29.8 Å². The van der Waals surface area contributed by atoms with E-state index in [2.05, 4.69) is 10.3 Å². The molecule has 1 aliphatic heterocycles. The van der Waals surface area contributed by atoms with Crippen LogP contribution in [-0.2, 0) is 0 Å². The molecule has 6 nitrogen and oxygen atoms in total. The number of likely N-dealkylation sites (tertiary alicyclic amines) is 1. The van der Waals surface area contributed by atoms with Crippen molar-refractivity contribution in [3.63, 3.8) is 0 Å². The van der Waals surface area contributed by atoms with Crippen LogP contribution in [0.5, 0.6) is 0 Å². The number of fused-ring (bicyclic) bond motifs is 1. The lowest BCUT2D eigenvalue weighted by molar-refractivity contribution is 0.0700. The number of nitrogens with one attached hydrogen (secondary N) is 1. The Labute approximate surface area is 205 Å². The van der Waals surface area contributed by atoms with Crippen molar-refractivity contribution in [2.45, 2.75) is 32.7 Å². The lowest BCUT2D eigenvalue weighted by atomic mass is 9.99. The fourth-order valence-corrected chi connectivity index (χ4v) is 4.67. The SMILES string of the molecule is Cc1ccc2nc(-c3cccnc3)cc(C(=O)N3CCC(NC(=O)c4ccccc4C)CC3)c2c1. The van der Waals surface area contributed by atoms with Crippen molar-refractivity contribution in [3.05, 3.63) is 95.3 Å². The number of rotatable bonds is 4. The minimum atomic E-state index is -0.0513. The van der Waals surface area contributed by atoms with E-state index in [1.807, 2.05) is 79.4 Å². The summed E-state index contributed by atoms with van der Waals surface area (Å²) in [7, 11) is 0. The molecule has 2 amide bonds. The molecule has 5 rings (SSSR count). The molecule has 6 heteroatoms. The third-order valence-electron chi connectivity index (χ3n) is 6.66. The van der Waals surface area contributed by atoms with E-state index >= 15 is 0 Å². The highest BCUT2D eigenvalue weighted by Gasteiger charge is 2.27. The first-order chi connectivity index (χ1) is 17.0. The second kappa shape index (κ2) is 9.66. The highest BCUT2D eigenvalue weighted by Crippen LogP contribution is 2.27. The molecule has 0 saturated carbocycles. The summed E-state index contributed by atoms with van der Waals surface area (Å²) in [5, 5.41) is 4.01. The molecule has 0 radical (unpaired) electrons. The number of nitrogens with zero attached hydrogens (tertiary/aromatic N) is 3. The molecule has 2 aromatic heterocycles. The first-order valence-corrected chi connectivity index (χ1v) is 12.0. The van der Waals surface area contributed by atoms with Crippen LogP contribution in [0.1, 0.15) is 44.7 Å². The summed E-state index contributed by atoms with van der Waals surface area (Å²) in [5.41, 5.74) is 5.80. The van der Waals surface area contributed by atoms with Gasteiger partial charge in [-0.2, -0.15) is 0 Å². The summed E-state index contributed by atoms with van der Waals surface area (Å²) in [6, 6.07) is 19.4. The average Bonchev–Trinajstić information content (AvgIpc) is 2.89. The standard InChI is InChI=1S/C29H28N4O2/c1-19-9-10-26-24(16-19)25(17-27(32-26)21-7-5-13-30-18-21)29(35)33-14-11-22(12-15-33)31-28(34)23-8-4-3-6-20(23)2/h3-10,13,16-18,22H,11-12,14-15H2,1-2H3,(H,31,34). The highest BCUT2D eigenvalue weighted by atomic mass is 16.2. The van der Waals surface area contributed by atoms with Crippen LogP contribution in [0.3, 0.4) is 0 Å². The van der Waals surface area contributed by atoms with E-state index in [-0.39, 0.29) is 17.9 Å². The maximum absolute atomic E-state index is 13.7. The molecule has 0 spiro atoms. The quantitative estimate of drug-likeness (QED) is 0.464. The van der Waals surface area contributed by atoms with Crippen molar-refractivity contribution in [2.75, 3.05) is 13.1 Å². The molecular weight excluding hydrogens is 436 g/mol. The number of aromatic nitrogens is 2. The molecule has 4 aromatic rings. The number of amides is 2. The number of carbonyl (C=O) groups is 2. The fraction of sp³-hybridized carbons (Fsp3) is 0.241. The number of hydrogen-bond donors (Lipinski definition) is 1. The number of hydrogen-bond acceptors (Lipinski definition) is 4. The lowest BCUT2D eigenvalue weighted by Crippen LogP contribution is -2.46. The topological polar surface area (TPSA) is 75.2 Å². The molecule has 176 valence electrons. The van der Waals surface area contributed by atoms with Crippen LogP contribution in [-0.4, -0.2) is 45.8 Å². The molecule has 3 heterocycles. The van der Waals surface area contributed by atoms with Gasteiger partial charge >= 0.3 is 0 Å². The molecule has 1 aliphatic rings. The number of pyridine rings is 2. The van der Waals surface area contributed by atoms with E-state index in [4.69, 9.17) is 4.98 Å². The predicted molar refractivity (Wildman–Crippen MR) is 137 cm³/mol. The summed E-state index contributed by atoms with van der Waals surface area (Å²) in [5.74, 6) is -0.0542. The highest BCUT2D eigenvalue weighted by molar-refractivity contribution is 6.07.